The molecule has 12 heteroatoms. The maximum absolute atomic E-state index is 11.8. The Morgan fingerprint density at radius 1 is 0.633 bits per heavy atom. The summed E-state index contributed by atoms with van der Waals surface area (Å²) in [4.78, 5) is 23.6. The summed E-state index contributed by atoms with van der Waals surface area (Å²) in [5.41, 5.74) is -3.74. The molecule has 0 amide bonds. The van der Waals surface area contributed by atoms with Crippen molar-refractivity contribution in [1.29, 1.82) is 0 Å². The van der Waals surface area contributed by atoms with Crippen molar-refractivity contribution in [2.75, 3.05) is 0 Å². The molecule has 0 fully saturated rings. The van der Waals surface area contributed by atoms with Gasteiger partial charge in [-0.1, -0.05) is 48.5 Å². The Bertz CT molecular complexity index is 1040. The maximum Gasteiger partial charge on any atom is 0.299 e. The van der Waals surface area contributed by atoms with Crippen LogP contribution >= 0.6 is 0 Å². The molecule has 2 unspecified atom stereocenters. The molecule has 162 valence electrons. The van der Waals surface area contributed by atoms with E-state index in [9.17, 15) is 36.6 Å². The lowest BCUT2D eigenvalue weighted by Gasteiger charge is -2.08. The van der Waals surface area contributed by atoms with E-state index >= 15 is 0 Å². The van der Waals surface area contributed by atoms with Crippen molar-refractivity contribution in [3.05, 3.63) is 70.8 Å². The van der Waals surface area contributed by atoms with Crippen molar-refractivity contribution < 1.29 is 45.7 Å². The van der Waals surface area contributed by atoms with Gasteiger partial charge in [-0.3, -0.25) is 18.7 Å². The van der Waals surface area contributed by atoms with Gasteiger partial charge in [-0.25, -0.2) is 0 Å². The van der Waals surface area contributed by atoms with Gasteiger partial charge in [0.2, 0.25) is 22.4 Å². The monoisotopic (exact) mass is 458 g/mol. The average Bonchev–Trinajstić information content (AvgIpc) is 2.69. The number of Topliss-reactive ketones (excluding diaryl/α,β-unsaturated/α-hetero) is 2. The second-order valence-electron chi connectivity index (χ2n) is 6.36. The minimum atomic E-state index is -4.91. The smallest absolute Gasteiger partial charge is 0.299 e. The highest BCUT2D eigenvalue weighted by Crippen LogP contribution is 2.14. The SMILES string of the molecule is O=C(c1ccc(CCc2ccc(C(=O)C(O)S(=O)(=O)O)cc2)cc1)C(O)S(=O)(=O)O. The molecule has 0 aliphatic heterocycles. The Morgan fingerprint density at radius 2 is 0.900 bits per heavy atom. The van der Waals surface area contributed by atoms with Crippen LogP contribution in [0.1, 0.15) is 31.8 Å². The highest BCUT2D eigenvalue weighted by atomic mass is 32.2. The van der Waals surface area contributed by atoms with E-state index < -0.39 is 42.7 Å². The number of benzene rings is 2. The topological polar surface area (TPSA) is 183 Å². The molecule has 10 nitrogen and oxygen atoms in total. The fraction of sp³-hybridized carbons (Fsp3) is 0.222. The van der Waals surface area contributed by atoms with Gasteiger partial charge in [0, 0.05) is 11.1 Å². The summed E-state index contributed by atoms with van der Waals surface area (Å²) in [5.74, 6) is -2.31. The van der Waals surface area contributed by atoms with E-state index in [2.05, 4.69) is 0 Å². The van der Waals surface area contributed by atoms with Gasteiger partial charge in [-0.15, -0.1) is 0 Å². The van der Waals surface area contributed by atoms with E-state index in [1.807, 2.05) is 0 Å². The van der Waals surface area contributed by atoms with Crippen LogP contribution in [0.4, 0.5) is 0 Å². The van der Waals surface area contributed by atoms with Crippen LogP contribution in [0.3, 0.4) is 0 Å². The Morgan fingerprint density at radius 3 is 1.13 bits per heavy atom. The lowest BCUT2D eigenvalue weighted by molar-refractivity contribution is 0.0842. The standard InChI is InChI=1S/C18H18O10S2/c19-15(17(21)29(23,24)25)13-7-3-11(4-8-13)1-2-12-5-9-14(10-6-12)16(20)18(22)30(26,27)28/h3-10,17-18,21-22H,1-2H2,(H,23,24,25)(H,26,27,28). The van der Waals surface area contributed by atoms with Crippen LogP contribution in [0.25, 0.3) is 0 Å². The molecule has 2 aromatic carbocycles. The predicted molar refractivity (Wildman–Crippen MR) is 104 cm³/mol. The molecule has 2 rings (SSSR count). The molecule has 4 N–H and O–H groups in total. The average molecular weight is 458 g/mol. The van der Waals surface area contributed by atoms with Crippen LogP contribution in [-0.2, 0) is 33.1 Å². The second kappa shape index (κ2) is 9.12. The molecule has 2 atom stereocenters. The van der Waals surface area contributed by atoms with Crippen LogP contribution < -0.4 is 0 Å². The first-order valence-electron chi connectivity index (χ1n) is 8.36. The van der Waals surface area contributed by atoms with Crippen LogP contribution in [-0.4, -0.2) is 58.6 Å². The minimum Gasteiger partial charge on any atom is -0.369 e. The van der Waals surface area contributed by atoms with Gasteiger partial charge in [0.1, 0.15) is 0 Å². The molecular weight excluding hydrogens is 440 g/mol. The molecule has 30 heavy (non-hydrogen) atoms. The van der Waals surface area contributed by atoms with Gasteiger partial charge in [-0.05, 0) is 24.0 Å². The van der Waals surface area contributed by atoms with Crippen LogP contribution in [0.2, 0.25) is 0 Å². The first kappa shape index (κ1) is 23.8. The Labute approximate surface area is 172 Å². The summed E-state index contributed by atoms with van der Waals surface area (Å²) >= 11 is 0. The molecule has 0 saturated carbocycles. The normalized spacial score (nSPS) is 14.1. The van der Waals surface area contributed by atoms with Gasteiger partial charge in [0.05, 0.1) is 0 Å². The van der Waals surface area contributed by atoms with E-state index in [4.69, 9.17) is 9.11 Å². The molecule has 0 bridgehead atoms. The van der Waals surface area contributed by atoms with Crippen molar-refractivity contribution in [2.45, 2.75) is 23.7 Å². The third-order valence-electron chi connectivity index (χ3n) is 4.19. The Balaban J connectivity index is 2.01. The number of hydrogen-bond acceptors (Lipinski definition) is 8. The highest BCUT2D eigenvalue weighted by Gasteiger charge is 2.29. The number of carbonyl (C=O) groups is 2. The molecule has 0 aliphatic carbocycles. The molecule has 0 radical (unpaired) electrons. The van der Waals surface area contributed by atoms with Crippen molar-refractivity contribution in [3.8, 4) is 0 Å². The van der Waals surface area contributed by atoms with Gasteiger partial charge >= 0.3 is 0 Å². The molecule has 0 heterocycles. The Hall–Kier alpha value is -2.48. The van der Waals surface area contributed by atoms with Crippen molar-refractivity contribution in [1.82, 2.24) is 0 Å². The molecule has 0 spiro atoms. The molecule has 0 aliphatic rings. The van der Waals surface area contributed by atoms with Crippen molar-refractivity contribution >= 4 is 31.8 Å². The van der Waals surface area contributed by atoms with Gasteiger partial charge in [0.15, 0.2) is 0 Å². The summed E-state index contributed by atoms with van der Waals surface area (Å²) in [6.45, 7) is 0. The van der Waals surface area contributed by atoms with E-state index in [0.29, 0.717) is 12.8 Å². The third-order valence-corrected chi connectivity index (χ3v) is 5.75. The number of ketones is 2. The number of aliphatic hydroxyl groups is 2. The Kier molecular flexibility index (Phi) is 7.23. The lowest BCUT2D eigenvalue weighted by atomic mass is 10.0. The molecule has 0 saturated heterocycles. The van der Waals surface area contributed by atoms with Gasteiger partial charge in [-0.2, -0.15) is 16.8 Å². The van der Waals surface area contributed by atoms with Gasteiger partial charge < -0.3 is 10.2 Å². The van der Waals surface area contributed by atoms with E-state index in [1.165, 1.54) is 24.3 Å². The number of rotatable bonds is 9. The minimum absolute atomic E-state index is 0.0934. The summed E-state index contributed by atoms with van der Waals surface area (Å²) in [6, 6.07) is 11.4. The van der Waals surface area contributed by atoms with Crippen LogP contribution in [0, 0.1) is 0 Å². The quantitative estimate of drug-likeness (QED) is 0.300. The number of aryl methyl sites for hydroxylation is 2. The zero-order valence-corrected chi connectivity index (χ0v) is 16.9. The van der Waals surface area contributed by atoms with Crippen molar-refractivity contribution in [3.63, 3.8) is 0 Å². The highest BCUT2D eigenvalue weighted by molar-refractivity contribution is 7.87. The fourth-order valence-electron chi connectivity index (χ4n) is 2.52. The summed E-state index contributed by atoms with van der Waals surface area (Å²) in [7, 11) is -9.82. The van der Waals surface area contributed by atoms with Gasteiger partial charge in [0.25, 0.3) is 20.2 Å². The van der Waals surface area contributed by atoms with Crippen LogP contribution in [0.15, 0.2) is 48.5 Å². The summed E-state index contributed by atoms with van der Waals surface area (Å²) in [6.07, 6.45) is 0.993. The maximum atomic E-state index is 11.8. The number of aliphatic hydroxyl groups excluding tert-OH is 2. The molecule has 2 aromatic rings. The molecule has 0 aromatic heterocycles. The number of hydrogen-bond donors (Lipinski definition) is 4. The lowest BCUT2D eigenvalue weighted by Crippen LogP contribution is -2.29. The summed E-state index contributed by atoms with van der Waals surface area (Å²) in [5, 5.41) is 18.6. The molecular formula is C18H18O10S2. The van der Waals surface area contributed by atoms with E-state index in [1.54, 1.807) is 24.3 Å². The van der Waals surface area contributed by atoms with Crippen molar-refractivity contribution in [2.24, 2.45) is 0 Å². The first-order chi connectivity index (χ1) is 13.8. The largest absolute Gasteiger partial charge is 0.369 e. The first-order valence-corrected chi connectivity index (χ1v) is 11.4. The third kappa shape index (κ3) is 6.01. The van der Waals surface area contributed by atoms with Crippen LogP contribution in [0.5, 0.6) is 0 Å². The second-order valence-corrected chi connectivity index (χ2v) is 9.31. The zero-order valence-electron chi connectivity index (χ0n) is 15.2. The zero-order chi connectivity index (χ0) is 22.7. The number of carbonyl (C=O) groups excluding carboxylic acids is 2. The van der Waals surface area contributed by atoms with E-state index in [-0.39, 0.29) is 11.1 Å². The predicted octanol–water partition coefficient (Wildman–Crippen LogP) is 0.250. The fourth-order valence-corrected chi connectivity index (χ4v) is 3.33. The summed E-state index contributed by atoms with van der Waals surface area (Å²) < 4.78 is 60.8. The van der Waals surface area contributed by atoms with E-state index in [0.717, 1.165) is 11.1 Å².